The molecular formula is C16H12Br2N4O3S. The second-order valence-electron chi connectivity index (χ2n) is 5.32. The number of phenols is 1. The van der Waals surface area contributed by atoms with Crippen LogP contribution in [0.4, 0.5) is 0 Å². The van der Waals surface area contributed by atoms with Gasteiger partial charge in [-0.3, -0.25) is 20.1 Å². The SMILES string of the molecule is O=c1[nH]n(C(=S)NNCc2cc(Br)c(O)c(Br)c2)c(=O)c2ccccc12. The van der Waals surface area contributed by atoms with Gasteiger partial charge in [-0.15, -0.1) is 0 Å². The molecule has 0 spiro atoms. The van der Waals surface area contributed by atoms with Gasteiger partial charge in [-0.05, 0) is 73.9 Å². The van der Waals surface area contributed by atoms with Crippen LogP contribution >= 0.6 is 44.1 Å². The Morgan fingerprint density at radius 3 is 2.42 bits per heavy atom. The van der Waals surface area contributed by atoms with Crippen molar-refractivity contribution in [2.45, 2.75) is 6.54 Å². The molecule has 7 nitrogen and oxygen atoms in total. The Kier molecular flexibility index (Phi) is 5.56. The van der Waals surface area contributed by atoms with Gasteiger partial charge in [-0.25, -0.2) is 5.43 Å². The fourth-order valence-electron chi connectivity index (χ4n) is 2.34. The first kappa shape index (κ1) is 18.8. The van der Waals surface area contributed by atoms with Crippen LogP contribution in [0, 0.1) is 0 Å². The molecule has 4 N–H and O–H groups in total. The zero-order valence-electron chi connectivity index (χ0n) is 13.0. The lowest BCUT2D eigenvalue weighted by Gasteiger charge is -2.12. The highest BCUT2D eigenvalue weighted by Gasteiger charge is 2.10. The zero-order chi connectivity index (χ0) is 18.8. The summed E-state index contributed by atoms with van der Waals surface area (Å²) in [7, 11) is 0. The number of phenolic OH excluding ortho intramolecular Hbond substituents is 1. The van der Waals surface area contributed by atoms with Crippen LogP contribution in [0.1, 0.15) is 5.56 Å². The molecular weight excluding hydrogens is 488 g/mol. The molecule has 0 bridgehead atoms. The van der Waals surface area contributed by atoms with Crippen LogP contribution < -0.4 is 22.0 Å². The number of halogens is 2. The van der Waals surface area contributed by atoms with Crippen LogP contribution in [0.3, 0.4) is 0 Å². The number of rotatable bonds is 3. The van der Waals surface area contributed by atoms with Gasteiger partial charge < -0.3 is 5.11 Å². The molecule has 0 aliphatic rings. The Morgan fingerprint density at radius 1 is 1.15 bits per heavy atom. The number of hydrazine groups is 1. The highest BCUT2D eigenvalue weighted by Crippen LogP contribution is 2.33. The summed E-state index contributed by atoms with van der Waals surface area (Å²) < 4.78 is 2.07. The van der Waals surface area contributed by atoms with Crippen LogP contribution in [-0.4, -0.2) is 20.0 Å². The Labute approximate surface area is 169 Å². The van der Waals surface area contributed by atoms with Crippen molar-refractivity contribution in [3.63, 3.8) is 0 Å². The third kappa shape index (κ3) is 3.73. The molecule has 3 aromatic rings. The van der Waals surface area contributed by atoms with E-state index < -0.39 is 11.1 Å². The molecule has 0 atom stereocenters. The van der Waals surface area contributed by atoms with E-state index in [1.165, 1.54) is 0 Å². The highest BCUT2D eigenvalue weighted by molar-refractivity contribution is 9.11. The van der Waals surface area contributed by atoms with E-state index in [1.54, 1.807) is 36.4 Å². The molecule has 0 unspecified atom stereocenters. The van der Waals surface area contributed by atoms with Gasteiger partial charge in [0.15, 0.2) is 0 Å². The minimum atomic E-state index is -0.422. The summed E-state index contributed by atoms with van der Waals surface area (Å²) in [5.41, 5.74) is 5.60. The summed E-state index contributed by atoms with van der Waals surface area (Å²) in [6, 6.07) is 10.0. The molecule has 10 heteroatoms. The van der Waals surface area contributed by atoms with Crippen LogP contribution in [0.5, 0.6) is 5.75 Å². The lowest BCUT2D eigenvalue weighted by molar-refractivity contribution is 0.468. The van der Waals surface area contributed by atoms with Gasteiger partial charge in [0.1, 0.15) is 5.75 Å². The van der Waals surface area contributed by atoms with E-state index in [9.17, 15) is 14.7 Å². The summed E-state index contributed by atoms with van der Waals surface area (Å²) in [5, 5.41) is 12.8. The summed E-state index contributed by atoms with van der Waals surface area (Å²) in [6.07, 6.45) is 0. The van der Waals surface area contributed by atoms with E-state index in [-0.39, 0.29) is 16.2 Å². The van der Waals surface area contributed by atoms with E-state index in [1.807, 2.05) is 0 Å². The Hall–Kier alpha value is -2.01. The topological polar surface area (TPSA) is 99.2 Å². The number of aromatic hydroxyl groups is 1. The average Bonchev–Trinajstić information content (AvgIpc) is 2.62. The number of hydrogen-bond donors (Lipinski definition) is 4. The fraction of sp³-hybridized carbons (Fsp3) is 0.0625. The quantitative estimate of drug-likeness (QED) is 0.326. The third-order valence-electron chi connectivity index (χ3n) is 3.59. The smallest absolute Gasteiger partial charge is 0.279 e. The standard InChI is InChI=1S/C16H12Br2N4O3S/c17-11-5-8(6-12(18)13(11)23)7-19-20-16(26)22-15(25)10-4-2-1-3-9(10)14(24)21-22/h1-6,19,23H,7H2,(H,20,26)(H,21,24). The van der Waals surface area contributed by atoms with Gasteiger partial charge in [0.25, 0.3) is 11.1 Å². The Balaban J connectivity index is 1.77. The van der Waals surface area contributed by atoms with Crippen molar-refractivity contribution in [1.29, 1.82) is 0 Å². The van der Waals surface area contributed by atoms with Gasteiger partial charge >= 0.3 is 0 Å². The Morgan fingerprint density at radius 2 is 1.77 bits per heavy atom. The maximum atomic E-state index is 12.5. The summed E-state index contributed by atoms with van der Waals surface area (Å²) in [6.45, 7) is 0.351. The molecule has 0 amide bonds. The number of benzene rings is 2. The second-order valence-corrected chi connectivity index (χ2v) is 7.41. The van der Waals surface area contributed by atoms with E-state index in [4.69, 9.17) is 12.2 Å². The second kappa shape index (κ2) is 7.70. The number of nitrogens with one attached hydrogen (secondary N) is 3. The first-order chi connectivity index (χ1) is 12.4. The van der Waals surface area contributed by atoms with Crippen molar-refractivity contribution in [3.05, 3.63) is 71.6 Å². The first-order valence-corrected chi connectivity index (χ1v) is 9.32. The van der Waals surface area contributed by atoms with Crippen LogP contribution in [0.15, 0.2) is 54.9 Å². The number of thiocarbonyl (C=S) groups is 1. The van der Waals surface area contributed by atoms with Crippen molar-refractivity contribution in [3.8, 4) is 5.75 Å². The predicted molar refractivity (Wildman–Crippen MR) is 110 cm³/mol. The first-order valence-electron chi connectivity index (χ1n) is 7.32. The van der Waals surface area contributed by atoms with Crippen LogP contribution in [0.25, 0.3) is 10.8 Å². The van der Waals surface area contributed by atoms with Gasteiger partial charge in [0, 0.05) is 6.54 Å². The van der Waals surface area contributed by atoms with Crippen LogP contribution in [0.2, 0.25) is 0 Å². The van der Waals surface area contributed by atoms with Crippen molar-refractivity contribution in [2.24, 2.45) is 0 Å². The molecule has 1 heterocycles. The van der Waals surface area contributed by atoms with Gasteiger partial charge in [0.2, 0.25) is 5.11 Å². The van der Waals surface area contributed by atoms with Gasteiger partial charge in [0.05, 0.1) is 19.7 Å². The number of aromatic nitrogens is 2. The average molecular weight is 500 g/mol. The number of aromatic amines is 1. The van der Waals surface area contributed by atoms with Crippen molar-refractivity contribution in [1.82, 2.24) is 20.6 Å². The van der Waals surface area contributed by atoms with Gasteiger partial charge in [-0.2, -0.15) is 4.68 Å². The van der Waals surface area contributed by atoms with Crippen molar-refractivity contribution in [2.75, 3.05) is 0 Å². The van der Waals surface area contributed by atoms with Crippen LogP contribution in [-0.2, 0) is 6.54 Å². The molecule has 1 aromatic heterocycles. The molecule has 0 aliphatic carbocycles. The number of nitrogens with zero attached hydrogens (tertiary/aromatic N) is 1. The number of hydrogen-bond acceptors (Lipinski definition) is 5. The highest BCUT2D eigenvalue weighted by atomic mass is 79.9. The monoisotopic (exact) mass is 498 g/mol. The number of fused-ring (bicyclic) bond motifs is 1. The molecule has 0 saturated heterocycles. The van der Waals surface area contributed by atoms with Crippen molar-refractivity contribution < 1.29 is 5.11 Å². The summed E-state index contributed by atoms with van der Waals surface area (Å²) in [5.74, 6) is 0.109. The van der Waals surface area contributed by atoms with Gasteiger partial charge in [-0.1, -0.05) is 12.1 Å². The maximum absolute atomic E-state index is 12.5. The van der Waals surface area contributed by atoms with E-state index in [0.29, 0.717) is 20.9 Å². The molecule has 3 rings (SSSR count). The lowest BCUT2D eigenvalue weighted by Crippen LogP contribution is -2.46. The minimum absolute atomic E-state index is 0.00904. The minimum Gasteiger partial charge on any atom is -0.506 e. The molecule has 0 saturated carbocycles. The molecule has 0 fully saturated rings. The molecule has 134 valence electrons. The molecule has 2 aromatic carbocycles. The predicted octanol–water partition coefficient (Wildman–Crippen LogP) is 2.35. The zero-order valence-corrected chi connectivity index (χ0v) is 17.0. The normalized spacial score (nSPS) is 10.8. The molecule has 0 radical (unpaired) electrons. The maximum Gasteiger partial charge on any atom is 0.279 e. The lowest BCUT2D eigenvalue weighted by atomic mass is 10.2. The molecule has 0 aliphatic heterocycles. The van der Waals surface area contributed by atoms with E-state index >= 15 is 0 Å². The fourth-order valence-corrected chi connectivity index (χ4v) is 3.82. The third-order valence-corrected chi connectivity index (χ3v) is 5.08. The summed E-state index contributed by atoms with van der Waals surface area (Å²) >= 11 is 11.7. The Bertz CT molecular complexity index is 1100. The van der Waals surface area contributed by atoms with E-state index in [0.717, 1.165) is 10.2 Å². The van der Waals surface area contributed by atoms with Crippen molar-refractivity contribution >= 4 is 60.0 Å². The summed E-state index contributed by atoms with van der Waals surface area (Å²) in [4.78, 5) is 24.6. The van der Waals surface area contributed by atoms with E-state index in [2.05, 4.69) is 47.8 Å². The number of H-pyrrole nitrogens is 1. The molecule has 26 heavy (non-hydrogen) atoms. The largest absolute Gasteiger partial charge is 0.506 e.